The average molecular weight is 454 g/mol. The Labute approximate surface area is 196 Å². The summed E-state index contributed by atoms with van der Waals surface area (Å²) < 4.78 is 0. The second kappa shape index (κ2) is 11.8. The highest BCUT2D eigenvalue weighted by Crippen LogP contribution is 2.35. The van der Waals surface area contributed by atoms with Crippen LogP contribution >= 0.6 is 0 Å². The fourth-order valence-electron chi connectivity index (χ4n) is 4.55. The highest BCUT2D eigenvalue weighted by Gasteiger charge is 2.47. The molecule has 0 aromatic heterocycles. The minimum absolute atomic E-state index is 0.0196. The number of nitrogens with zero attached hydrogens (tertiary/aromatic N) is 2. The zero-order valence-corrected chi connectivity index (χ0v) is 19.7. The van der Waals surface area contributed by atoms with Crippen molar-refractivity contribution in [3.8, 4) is 0 Å². The maximum atomic E-state index is 13.2. The van der Waals surface area contributed by atoms with Crippen LogP contribution in [0.1, 0.15) is 51.5 Å². The molecule has 3 atom stereocenters. The molecule has 3 rings (SSSR count). The van der Waals surface area contributed by atoms with Gasteiger partial charge in [-0.25, -0.2) is 0 Å². The predicted molar refractivity (Wildman–Crippen MR) is 126 cm³/mol. The van der Waals surface area contributed by atoms with E-state index < -0.39 is 6.04 Å². The number of fused-ring (bicyclic) bond motifs is 1. The molecule has 0 bridgehead atoms. The molecule has 7 heteroatoms. The van der Waals surface area contributed by atoms with Crippen LogP contribution in [0, 0.1) is 11.8 Å². The van der Waals surface area contributed by atoms with E-state index in [1.165, 1.54) is 4.90 Å². The molecule has 0 spiro atoms. The summed E-state index contributed by atoms with van der Waals surface area (Å²) in [6.45, 7) is 4.82. The Bertz CT molecular complexity index is 857. The third-order valence-corrected chi connectivity index (χ3v) is 6.63. The van der Waals surface area contributed by atoms with Crippen LogP contribution in [0.25, 0.3) is 0 Å². The Balaban J connectivity index is 1.64. The van der Waals surface area contributed by atoms with E-state index in [9.17, 15) is 19.2 Å². The van der Waals surface area contributed by atoms with Crippen LogP contribution in [0.3, 0.4) is 0 Å². The van der Waals surface area contributed by atoms with Gasteiger partial charge in [0.15, 0.2) is 0 Å². The van der Waals surface area contributed by atoms with Gasteiger partial charge in [-0.3, -0.25) is 24.1 Å². The van der Waals surface area contributed by atoms with Crippen LogP contribution in [0.5, 0.6) is 0 Å². The molecule has 1 saturated heterocycles. The fraction of sp³-hybridized carbons (Fsp3) is 0.538. The molecule has 1 fully saturated rings. The average Bonchev–Trinajstić information content (AvgIpc) is 3.08. The number of imide groups is 1. The number of hydrogen-bond acceptors (Lipinski definition) is 4. The number of hydrogen-bond donors (Lipinski definition) is 1. The Morgan fingerprint density at radius 2 is 1.73 bits per heavy atom. The van der Waals surface area contributed by atoms with Crippen molar-refractivity contribution >= 4 is 23.6 Å². The zero-order chi connectivity index (χ0) is 23.8. The molecule has 0 radical (unpaired) electrons. The number of rotatable bonds is 11. The van der Waals surface area contributed by atoms with Gasteiger partial charge in [0.05, 0.1) is 11.8 Å². The van der Waals surface area contributed by atoms with E-state index >= 15 is 0 Å². The summed E-state index contributed by atoms with van der Waals surface area (Å²) in [4.78, 5) is 54.1. The van der Waals surface area contributed by atoms with E-state index in [1.54, 1.807) is 11.8 Å². The largest absolute Gasteiger partial charge is 0.354 e. The second-order valence-electron chi connectivity index (χ2n) is 8.88. The fourth-order valence-corrected chi connectivity index (χ4v) is 4.55. The van der Waals surface area contributed by atoms with Crippen molar-refractivity contribution < 1.29 is 19.2 Å². The van der Waals surface area contributed by atoms with Crippen molar-refractivity contribution in [3.63, 3.8) is 0 Å². The number of amides is 4. The lowest BCUT2D eigenvalue weighted by atomic mass is 9.85. The standard InChI is InChI=1S/C26H35N3O4/c1-3-4-16-27-24(31)19(2)28(17-14-20-10-6-5-7-11-20)23(30)15-18-29-25(32)21-12-8-9-13-22(21)26(29)33/h5-11,19,21-22H,3-4,12-18H2,1-2H3,(H,27,31)/t19-,21-,22+/m1/s1. The molecule has 1 aromatic carbocycles. The monoisotopic (exact) mass is 453 g/mol. The molecule has 0 unspecified atom stereocenters. The predicted octanol–water partition coefficient (Wildman–Crippen LogP) is 2.70. The lowest BCUT2D eigenvalue weighted by Crippen LogP contribution is -2.49. The number of nitrogens with one attached hydrogen (secondary N) is 1. The van der Waals surface area contributed by atoms with E-state index in [2.05, 4.69) is 12.2 Å². The molecule has 178 valence electrons. The number of unbranched alkanes of at least 4 members (excludes halogenated alkanes) is 1. The SMILES string of the molecule is CCCCNC(=O)[C@@H](C)N(CCc1ccccc1)C(=O)CCN1C(=O)[C@H]2CC=CC[C@H]2C1=O. The summed E-state index contributed by atoms with van der Waals surface area (Å²) >= 11 is 0. The maximum Gasteiger partial charge on any atom is 0.242 e. The Hall–Kier alpha value is -2.96. The molecule has 1 N–H and O–H groups in total. The van der Waals surface area contributed by atoms with E-state index in [0.717, 1.165) is 18.4 Å². The summed E-state index contributed by atoms with van der Waals surface area (Å²) in [7, 11) is 0. The van der Waals surface area contributed by atoms with E-state index in [1.807, 2.05) is 42.5 Å². The molecule has 4 amide bonds. The first-order chi connectivity index (χ1) is 15.9. The molecule has 7 nitrogen and oxygen atoms in total. The van der Waals surface area contributed by atoms with Gasteiger partial charge in [-0.1, -0.05) is 55.8 Å². The second-order valence-corrected chi connectivity index (χ2v) is 8.88. The number of benzene rings is 1. The summed E-state index contributed by atoms with van der Waals surface area (Å²) in [5.41, 5.74) is 1.08. The summed E-state index contributed by atoms with van der Waals surface area (Å²) in [5.74, 6) is -1.36. The quantitative estimate of drug-likeness (QED) is 0.317. The number of likely N-dealkylation sites (tertiary alicyclic amines) is 1. The van der Waals surface area contributed by atoms with Crippen molar-refractivity contribution in [1.29, 1.82) is 0 Å². The van der Waals surface area contributed by atoms with E-state index in [-0.39, 0.29) is 48.4 Å². The third kappa shape index (κ3) is 6.09. The van der Waals surface area contributed by atoms with Gasteiger partial charge in [-0.15, -0.1) is 0 Å². The van der Waals surface area contributed by atoms with Gasteiger partial charge in [-0.05, 0) is 38.2 Å². The van der Waals surface area contributed by atoms with Gasteiger partial charge >= 0.3 is 0 Å². The van der Waals surface area contributed by atoms with Crippen LogP contribution < -0.4 is 5.32 Å². The highest BCUT2D eigenvalue weighted by atomic mass is 16.2. The number of carbonyl (C=O) groups excluding carboxylic acids is 4. The Kier molecular flexibility index (Phi) is 8.80. The Morgan fingerprint density at radius 1 is 1.09 bits per heavy atom. The topological polar surface area (TPSA) is 86.8 Å². The molecule has 1 aliphatic carbocycles. The van der Waals surface area contributed by atoms with Crippen LogP contribution in [0.15, 0.2) is 42.5 Å². The van der Waals surface area contributed by atoms with E-state index in [0.29, 0.717) is 32.4 Å². The van der Waals surface area contributed by atoms with Gasteiger partial charge < -0.3 is 10.2 Å². The highest BCUT2D eigenvalue weighted by molar-refractivity contribution is 6.05. The van der Waals surface area contributed by atoms with Crippen molar-refractivity contribution in [1.82, 2.24) is 15.1 Å². The van der Waals surface area contributed by atoms with Crippen molar-refractivity contribution in [2.45, 2.75) is 58.4 Å². The zero-order valence-electron chi connectivity index (χ0n) is 19.7. The smallest absolute Gasteiger partial charge is 0.242 e. The van der Waals surface area contributed by atoms with Gasteiger partial charge in [0.2, 0.25) is 23.6 Å². The van der Waals surface area contributed by atoms with E-state index in [4.69, 9.17) is 0 Å². The van der Waals surface area contributed by atoms with Crippen molar-refractivity contribution in [3.05, 3.63) is 48.0 Å². The number of allylic oxidation sites excluding steroid dienone is 2. The minimum atomic E-state index is -0.630. The maximum absolute atomic E-state index is 13.2. The molecule has 2 aliphatic rings. The van der Waals surface area contributed by atoms with Crippen LogP contribution in [0.2, 0.25) is 0 Å². The first kappa shape index (κ1) is 24.7. The van der Waals surface area contributed by atoms with Gasteiger partial charge in [0.1, 0.15) is 6.04 Å². The van der Waals surface area contributed by atoms with Crippen molar-refractivity contribution in [2.75, 3.05) is 19.6 Å². The molecule has 1 heterocycles. The number of carbonyl (C=O) groups is 4. The molecule has 0 saturated carbocycles. The van der Waals surface area contributed by atoms with Crippen LogP contribution in [-0.4, -0.2) is 59.1 Å². The molecule has 33 heavy (non-hydrogen) atoms. The van der Waals surface area contributed by atoms with Gasteiger partial charge in [-0.2, -0.15) is 0 Å². The summed E-state index contributed by atoms with van der Waals surface area (Å²) in [6.07, 6.45) is 7.56. The lowest BCUT2D eigenvalue weighted by molar-refractivity contribution is -0.143. The van der Waals surface area contributed by atoms with Crippen LogP contribution in [-0.2, 0) is 25.6 Å². The molecule has 1 aliphatic heterocycles. The van der Waals surface area contributed by atoms with Crippen molar-refractivity contribution in [2.24, 2.45) is 11.8 Å². The normalized spacial score (nSPS) is 20.5. The lowest BCUT2D eigenvalue weighted by Gasteiger charge is -2.29. The molecular weight excluding hydrogens is 418 g/mol. The van der Waals surface area contributed by atoms with Crippen LogP contribution in [0.4, 0.5) is 0 Å². The summed E-state index contributed by atoms with van der Waals surface area (Å²) in [5, 5.41) is 2.90. The third-order valence-electron chi connectivity index (χ3n) is 6.63. The van der Waals surface area contributed by atoms with Gasteiger partial charge in [0, 0.05) is 26.1 Å². The Morgan fingerprint density at radius 3 is 2.33 bits per heavy atom. The summed E-state index contributed by atoms with van der Waals surface area (Å²) in [6, 6.07) is 9.18. The first-order valence-corrected chi connectivity index (χ1v) is 12.0. The minimum Gasteiger partial charge on any atom is -0.354 e. The molecular formula is C26H35N3O4. The molecule has 1 aromatic rings. The first-order valence-electron chi connectivity index (χ1n) is 12.0. The van der Waals surface area contributed by atoms with Gasteiger partial charge in [0.25, 0.3) is 0 Å².